The molecule has 5 aliphatic rings. The van der Waals surface area contributed by atoms with Crippen LogP contribution in [-0.4, -0.2) is 17.0 Å². The minimum Gasteiger partial charge on any atom is -0.342 e. The third-order valence-corrected chi connectivity index (χ3v) is 8.89. The maximum atomic E-state index is 6.27. The van der Waals surface area contributed by atoms with E-state index in [0.717, 1.165) is 6.42 Å². The molecule has 0 amide bonds. The third kappa shape index (κ3) is 3.89. The SMILES string of the molecule is CCC(CC)C1=CCC2C(=C1)N(C1C=CCC1)C1=CC(C3=CC(C(C)N)CC=C3)CCC12. The molecule has 2 heteroatoms. The number of nitrogens with two attached hydrogens (primary N) is 1. The van der Waals surface area contributed by atoms with E-state index in [1.165, 1.54) is 50.5 Å². The summed E-state index contributed by atoms with van der Waals surface area (Å²) in [6.07, 6.45) is 29.8. The zero-order valence-corrected chi connectivity index (χ0v) is 20.3. The molecule has 0 saturated carbocycles. The summed E-state index contributed by atoms with van der Waals surface area (Å²) in [5.74, 6) is 3.12. The van der Waals surface area contributed by atoms with E-state index in [9.17, 15) is 0 Å². The van der Waals surface area contributed by atoms with E-state index in [2.05, 4.69) is 74.3 Å². The van der Waals surface area contributed by atoms with E-state index in [4.69, 9.17) is 5.73 Å². The van der Waals surface area contributed by atoms with E-state index in [-0.39, 0.29) is 6.04 Å². The smallest absolute Gasteiger partial charge is 0.0519 e. The average molecular weight is 431 g/mol. The van der Waals surface area contributed by atoms with Crippen LogP contribution in [0.25, 0.3) is 0 Å². The molecule has 6 atom stereocenters. The van der Waals surface area contributed by atoms with E-state index >= 15 is 0 Å². The van der Waals surface area contributed by atoms with Gasteiger partial charge in [0.2, 0.25) is 0 Å². The Hall–Kier alpha value is -1.80. The predicted molar refractivity (Wildman–Crippen MR) is 136 cm³/mol. The Balaban J connectivity index is 1.50. The van der Waals surface area contributed by atoms with Crippen molar-refractivity contribution in [2.75, 3.05) is 0 Å². The Morgan fingerprint density at radius 3 is 2.56 bits per heavy atom. The van der Waals surface area contributed by atoms with Gasteiger partial charge in [-0.1, -0.05) is 56.4 Å². The number of likely N-dealkylation sites (tertiary alicyclic amines) is 1. The molecule has 4 aliphatic carbocycles. The summed E-state index contributed by atoms with van der Waals surface area (Å²) in [6, 6.07) is 0.778. The maximum absolute atomic E-state index is 6.27. The van der Waals surface area contributed by atoms with Crippen LogP contribution in [-0.2, 0) is 0 Å². The van der Waals surface area contributed by atoms with Crippen molar-refractivity contribution in [3.8, 4) is 0 Å². The van der Waals surface area contributed by atoms with Crippen LogP contribution < -0.4 is 5.73 Å². The molecule has 1 heterocycles. The Morgan fingerprint density at radius 2 is 1.84 bits per heavy atom. The standard InChI is InChI=1S/C30H42N2/c1-4-21(5-2)24-13-15-27-28-16-14-25(23-10-8-9-22(17-23)20(3)31)19-30(28)32(29(27)18-24)26-11-6-7-12-26/h6,8,10-11,13,17-22,25-28H,4-5,7,9,12,14-16,31H2,1-3H3. The maximum Gasteiger partial charge on any atom is 0.0519 e. The zero-order chi connectivity index (χ0) is 22.2. The molecule has 32 heavy (non-hydrogen) atoms. The first kappa shape index (κ1) is 22.0. The first-order chi connectivity index (χ1) is 15.6. The second-order valence-corrected chi connectivity index (χ2v) is 10.8. The van der Waals surface area contributed by atoms with Crippen LogP contribution in [0.2, 0.25) is 0 Å². The highest BCUT2D eigenvalue weighted by Gasteiger charge is 2.46. The van der Waals surface area contributed by atoms with Crippen LogP contribution in [0.3, 0.4) is 0 Å². The van der Waals surface area contributed by atoms with Gasteiger partial charge in [-0.2, -0.15) is 0 Å². The van der Waals surface area contributed by atoms with Crippen LogP contribution in [0.15, 0.2) is 71.1 Å². The summed E-state index contributed by atoms with van der Waals surface area (Å²) in [4.78, 5) is 2.79. The molecule has 0 aromatic carbocycles. The van der Waals surface area contributed by atoms with Crippen LogP contribution in [0.4, 0.5) is 0 Å². The highest BCUT2D eigenvalue weighted by atomic mass is 15.2. The minimum atomic E-state index is 0.230. The van der Waals surface area contributed by atoms with Crippen molar-refractivity contribution in [3.05, 3.63) is 71.1 Å². The van der Waals surface area contributed by atoms with Gasteiger partial charge in [0.1, 0.15) is 0 Å². The number of nitrogens with zero attached hydrogens (tertiary/aromatic N) is 1. The van der Waals surface area contributed by atoms with Gasteiger partial charge in [-0.25, -0.2) is 0 Å². The van der Waals surface area contributed by atoms with E-state index in [0.29, 0.717) is 35.6 Å². The van der Waals surface area contributed by atoms with Gasteiger partial charge in [-0.15, -0.1) is 0 Å². The number of allylic oxidation sites excluding steroid dienone is 10. The van der Waals surface area contributed by atoms with Crippen molar-refractivity contribution in [1.82, 2.24) is 4.90 Å². The molecule has 0 aromatic rings. The van der Waals surface area contributed by atoms with E-state index in [1.807, 2.05) is 0 Å². The Labute approximate surface area is 195 Å². The summed E-state index contributed by atoms with van der Waals surface area (Å²) in [5, 5.41) is 0. The summed E-state index contributed by atoms with van der Waals surface area (Å²) < 4.78 is 0. The van der Waals surface area contributed by atoms with Gasteiger partial charge in [0.15, 0.2) is 0 Å². The highest BCUT2D eigenvalue weighted by molar-refractivity contribution is 5.43. The molecule has 0 bridgehead atoms. The summed E-state index contributed by atoms with van der Waals surface area (Å²) >= 11 is 0. The van der Waals surface area contributed by atoms with Crippen molar-refractivity contribution >= 4 is 0 Å². The zero-order valence-electron chi connectivity index (χ0n) is 20.3. The quantitative estimate of drug-likeness (QED) is 0.458. The predicted octanol–water partition coefficient (Wildman–Crippen LogP) is 7.05. The van der Waals surface area contributed by atoms with Gasteiger partial charge in [-0.05, 0) is 87.3 Å². The number of hydrogen-bond acceptors (Lipinski definition) is 2. The molecule has 2 nitrogen and oxygen atoms in total. The third-order valence-electron chi connectivity index (χ3n) is 8.89. The van der Waals surface area contributed by atoms with Crippen LogP contribution in [0, 0.1) is 29.6 Å². The van der Waals surface area contributed by atoms with Crippen LogP contribution in [0.5, 0.6) is 0 Å². The van der Waals surface area contributed by atoms with E-state index in [1.54, 1.807) is 17.0 Å². The monoisotopic (exact) mass is 430 g/mol. The van der Waals surface area contributed by atoms with Crippen molar-refractivity contribution in [2.24, 2.45) is 35.3 Å². The first-order valence-electron chi connectivity index (χ1n) is 13.3. The Morgan fingerprint density at radius 1 is 1.00 bits per heavy atom. The molecule has 2 N–H and O–H groups in total. The Kier molecular flexibility index (Phi) is 6.34. The van der Waals surface area contributed by atoms with Gasteiger partial charge in [-0.3, -0.25) is 0 Å². The van der Waals surface area contributed by atoms with Gasteiger partial charge in [0.05, 0.1) is 6.04 Å². The van der Waals surface area contributed by atoms with Gasteiger partial charge in [0.25, 0.3) is 0 Å². The highest BCUT2D eigenvalue weighted by Crippen LogP contribution is 2.53. The van der Waals surface area contributed by atoms with Crippen molar-refractivity contribution in [1.29, 1.82) is 0 Å². The van der Waals surface area contributed by atoms with Gasteiger partial charge >= 0.3 is 0 Å². The lowest BCUT2D eigenvalue weighted by atomic mass is 9.74. The van der Waals surface area contributed by atoms with Gasteiger partial charge < -0.3 is 10.6 Å². The topological polar surface area (TPSA) is 29.3 Å². The first-order valence-corrected chi connectivity index (χ1v) is 13.3. The van der Waals surface area contributed by atoms with Crippen molar-refractivity contribution in [3.63, 3.8) is 0 Å². The minimum absolute atomic E-state index is 0.230. The molecule has 0 aromatic heterocycles. The Bertz CT molecular complexity index is 892. The lowest BCUT2D eigenvalue weighted by Crippen LogP contribution is -2.30. The molecule has 0 spiro atoms. The number of fused-ring (bicyclic) bond motifs is 3. The fraction of sp³-hybridized carbons (Fsp3) is 0.600. The fourth-order valence-electron chi connectivity index (χ4n) is 6.94. The summed E-state index contributed by atoms with van der Waals surface area (Å²) in [5.41, 5.74) is 12.6. The molecule has 6 unspecified atom stereocenters. The summed E-state index contributed by atoms with van der Waals surface area (Å²) in [6.45, 7) is 6.85. The van der Waals surface area contributed by atoms with Crippen LogP contribution >= 0.6 is 0 Å². The number of hydrogen-bond donors (Lipinski definition) is 1. The second-order valence-electron chi connectivity index (χ2n) is 10.8. The fourth-order valence-corrected chi connectivity index (χ4v) is 6.94. The normalized spacial score (nSPS) is 34.7. The molecule has 0 radical (unpaired) electrons. The van der Waals surface area contributed by atoms with Crippen molar-refractivity contribution in [2.45, 2.75) is 84.2 Å². The molecule has 1 saturated heterocycles. The molecular weight excluding hydrogens is 388 g/mol. The number of rotatable bonds is 6. The van der Waals surface area contributed by atoms with E-state index < -0.39 is 0 Å². The molecule has 1 fully saturated rings. The van der Waals surface area contributed by atoms with Crippen molar-refractivity contribution < 1.29 is 0 Å². The lowest BCUT2D eigenvalue weighted by molar-refractivity contribution is 0.349. The summed E-state index contributed by atoms with van der Waals surface area (Å²) in [7, 11) is 0. The largest absolute Gasteiger partial charge is 0.342 e. The molecular formula is C30H42N2. The molecule has 1 aliphatic heterocycles. The molecule has 5 rings (SSSR count). The van der Waals surface area contributed by atoms with Crippen LogP contribution in [0.1, 0.15) is 72.1 Å². The molecule has 172 valence electrons. The average Bonchev–Trinajstić information content (AvgIpc) is 3.45. The lowest BCUT2D eigenvalue weighted by Gasteiger charge is -2.34. The van der Waals surface area contributed by atoms with Gasteiger partial charge in [0, 0.05) is 35.2 Å². The second kappa shape index (κ2) is 9.21.